The Morgan fingerprint density at radius 2 is 1.80 bits per heavy atom. The summed E-state index contributed by atoms with van der Waals surface area (Å²) >= 11 is 0. The van der Waals surface area contributed by atoms with E-state index in [1.54, 1.807) is 7.11 Å². The van der Waals surface area contributed by atoms with E-state index in [9.17, 15) is 0 Å². The fourth-order valence-corrected chi connectivity index (χ4v) is 3.64. The van der Waals surface area contributed by atoms with E-state index in [1.165, 1.54) is 11.1 Å². The Morgan fingerprint density at radius 3 is 2.60 bits per heavy atom. The zero-order valence-electron chi connectivity index (χ0n) is 17.5. The van der Waals surface area contributed by atoms with E-state index in [-0.39, 0.29) is 0 Å². The number of benzene rings is 3. The van der Waals surface area contributed by atoms with Crippen molar-refractivity contribution in [1.82, 2.24) is 9.55 Å². The number of hydrogen-bond acceptors (Lipinski definition) is 3. The number of aromatic nitrogens is 2. The van der Waals surface area contributed by atoms with Gasteiger partial charge in [0.15, 0.2) is 11.5 Å². The van der Waals surface area contributed by atoms with Crippen LogP contribution in [-0.2, 0) is 19.6 Å². The average molecular weight is 399 g/mol. The number of nitrogens with zero attached hydrogens (tertiary/aromatic N) is 2. The smallest absolute Gasteiger partial charge is 0.161 e. The lowest BCUT2D eigenvalue weighted by Gasteiger charge is -2.14. The van der Waals surface area contributed by atoms with Gasteiger partial charge >= 0.3 is 0 Å². The van der Waals surface area contributed by atoms with E-state index in [4.69, 9.17) is 14.5 Å². The third-order valence-electron chi connectivity index (χ3n) is 5.29. The molecule has 4 heteroatoms. The zero-order valence-corrected chi connectivity index (χ0v) is 17.5. The van der Waals surface area contributed by atoms with E-state index in [2.05, 4.69) is 48.4 Å². The summed E-state index contributed by atoms with van der Waals surface area (Å²) in [4.78, 5) is 4.84. The van der Waals surface area contributed by atoms with Crippen molar-refractivity contribution in [2.24, 2.45) is 0 Å². The molecule has 0 aliphatic rings. The molecule has 0 radical (unpaired) electrons. The number of imidazole rings is 1. The second kappa shape index (κ2) is 8.87. The number of ether oxygens (including phenoxy) is 2. The molecule has 0 N–H and O–H groups in total. The third kappa shape index (κ3) is 4.08. The van der Waals surface area contributed by atoms with Gasteiger partial charge in [0.1, 0.15) is 12.4 Å². The monoisotopic (exact) mass is 398 g/mol. The molecular weight excluding hydrogens is 372 g/mol. The van der Waals surface area contributed by atoms with Crippen LogP contribution in [0, 0.1) is 6.92 Å². The first kappa shape index (κ1) is 19.8. The van der Waals surface area contributed by atoms with Crippen molar-refractivity contribution in [3.05, 3.63) is 102 Å². The number of fused-ring (bicyclic) bond motifs is 1. The molecule has 0 fully saturated rings. The van der Waals surface area contributed by atoms with Crippen LogP contribution >= 0.6 is 0 Å². The summed E-state index contributed by atoms with van der Waals surface area (Å²) in [5, 5.41) is 0. The SMILES string of the molecule is C=CCc1ccc(OCc2nc3ccccc3n2Cc2ccccc2C)c(OC)c1. The first-order chi connectivity index (χ1) is 14.7. The molecule has 4 nitrogen and oxygen atoms in total. The number of allylic oxidation sites excluding steroid dienone is 1. The molecular formula is C26H26N2O2. The van der Waals surface area contributed by atoms with Gasteiger partial charge in [-0.1, -0.05) is 48.5 Å². The summed E-state index contributed by atoms with van der Waals surface area (Å²) in [6, 6.07) is 22.6. The van der Waals surface area contributed by atoms with Crippen LogP contribution in [0.5, 0.6) is 11.5 Å². The van der Waals surface area contributed by atoms with E-state index < -0.39 is 0 Å². The highest BCUT2D eigenvalue weighted by Gasteiger charge is 2.14. The van der Waals surface area contributed by atoms with Gasteiger partial charge in [-0.15, -0.1) is 6.58 Å². The second-order valence-corrected chi connectivity index (χ2v) is 7.30. The summed E-state index contributed by atoms with van der Waals surface area (Å²) in [5.74, 6) is 2.31. The summed E-state index contributed by atoms with van der Waals surface area (Å²) in [5.41, 5.74) is 5.75. The molecule has 30 heavy (non-hydrogen) atoms. The summed E-state index contributed by atoms with van der Waals surface area (Å²) < 4.78 is 13.9. The number of rotatable bonds is 8. The lowest BCUT2D eigenvalue weighted by Crippen LogP contribution is -2.09. The lowest BCUT2D eigenvalue weighted by atomic mass is 10.1. The van der Waals surface area contributed by atoms with Gasteiger partial charge in [0, 0.05) is 6.54 Å². The van der Waals surface area contributed by atoms with Crippen LogP contribution in [0.25, 0.3) is 11.0 Å². The summed E-state index contributed by atoms with van der Waals surface area (Å²) in [6.07, 6.45) is 2.67. The van der Waals surface area contributed by atoms with Crippen molar-refractivity contribution < 1.29 is 9.47 Å². The number of methoxy groups -OCH3 is 1. The maximum Gasteiger partial charge on any atom is 0.161 e. The van der Waals surface area contributed by atoms with Crippen molar-refractivity contribution in [2.45, 2.75) is 26.5 Å². The molecule has 1 heterocycles. The molecule has 0 saturated carbocycles. The fraction of sp³-hybridized carbons (Fsp3) is 0.192. The van der Waals surface area contributed by atoms with Crippen LogP contribution in [0.2, 0.25) is 0 Å². The van der Waals surface area contributed by atoms with E-state index in [0.29, 0.717) is 12.4 Å². The molecule has 1 aromatic heterocycles. The Kier molecular flexibility index (Phi) is 5.84. The highest BCUT2D eigenvalue weighted by atomic mass is 16.5. The van der Waals surface area contributed by atoms with E-state index in [0.717, 1.165) is 41.1 Å². The summed E-state index contributed by atoms with van der Waals surface area (Å²) in [6.45, 7) is 7.05. The van der Waals surface area contributed by atoms with Crippen molar-refractivity contribution in [1.29, 1.82) is 0 Å². The fourth-order valence-electron chi connectivity index (χ4n) is 3.64. The van der Waals surface area contributed by atoms with Gasteiger partial charge < -0.3 is 14.0 Å². The zero-order chi connectivity index (χ0) is 20.9. The quantitative estimate of drug-likeness (QED) is 0.357. The van der Waals surface area contributed by atoms with Gasteiger partial charge in [-0.2, -0.15) is 0 Å². The van der Waals surface area contributed by atoms with Gasteiger partial charge in [-0.3, -0.25) is 0 Å². The molecule has 4 rings (SSSR count). The van der Waals surface area contributed by atoms with Crippen molar-refractivity contribution in [3.63, 3.8) is 0 Å². The number of aryl methyl sites for hydroxylation is 1. The second-order valence-electron chi connectivity index (χ2n) is 7.30. The minimum Gasteiger partial charge on any atom is -0.493 e. The Labute approximate surface area is 177 Å². The van der Waals surface area contributed by atoms with Gasteiger partial charge in [-0.25, -0.2) is 4.98 Å². The molecule has 152 valence electrons. The number of para-hydroxylation sites is 2. The molecule has 0 unspecified atom stereocenters. The minimum absolute atomic E-state index is 0.359. The summed E-state index contributed by atoms with van der Waals surface area (Å²) in [7, 11) is 1.66. The molecule has 0 saturated heterocycles. The highest BCUT2D eigenvalue weighted by molar-refractivity contribution is 5.76. The first-order valence-electron chi connectivity index (χ1n) is 10.1. The number of hydrogen-bond donors (Lipinski definition) is 0. The van der Waals surface area contributed by atoms with Gasteiger partial charge in [-0.05, 0) is 54.3 Å². The largest absolute Gasteiger partial charge is 0.493 e. The van der Waals surface area contributed by atoms with Crippen LogP contribution in [0.4, 0.5) is 0 Å². The normalized spacial score (nSPS) is 10.9. The average Bonchev–Trinajstić information content (AvgIpc) is 3.12. The molecule has 3 aromatic carbocycles. The topological polar surface area (TPSA) is 36.3 Å². The van der Waals surface area contributed by atoms with Crippen molar-refractivity contribution >= 4 is 11.0 Å². The van der Waals surface area contributed by atoms with Crippen LogP contribution in [0.3, 0.4) is 0 Å². The van der Waals surface area contributed by atoms with Crippen LogP contribution in [-0.4, -0.2) is 16.7 Å². The van der Waals surface area contributed by atoms with Gasteiger partial charge in [0.25, 0.3) is 0 Å². The molecule has 0 aliphatic heterocycles. The Hall–Kier alpha value is -3.53. The highest BCUT2D eigenvalue weighted by Crippen LogP contribution is 2.29. The maximum absolute atomic E-state index is 6.15. The van der Waals surface area contributed by atoms with Crippen LogP contribution < -0.4 is 9.47 Å². The molecule has 0 bridgehead atoms. The first-order valence-corrected chi connectivity index (χ1v) is 10.1. The molecule has 4 aromatic rings. The molecule has 0 amide bonds. The molecule has 0 atom stereocenters. The Balaban J connectivity index is 1.65. The van der Waals surface area contributed by atoms with E-state index >= 15 is 0 Å². The predicted molar refractivity (Wildman–Crippen MR) is 121 cm³/mol. The lowest BCUT2D eigenvalue weighted by molar-refractivity contribution is 0.272. The van der Waals surface area contributed by atoms with Crippen LogP contribution in [0.15, 0.2) is 79.4 Å². The van der Waals surface area contributed by atoms with Crippen LogP contribution in [0.1, 0.15) is 22.5 Å². The molecule has 0 spiro atoms. The Bertz CT molecular complexity index is 1180. The third-order valence-corrected chi connectivity index (χ3v) is 5.29. The van der Waals surface area contributed by atoms with Crippen molar-refractivity contribution in [2.75, 3.05) is 7.11 Å². The predicted octanol–water partition coefficient (Wildman–Crippen LogP) is 5.71. The molecule has 0 aliphatic carbocycles. The maximum atomic E-state index is 6.15. The standard InChI is InChI=1S/C26H26N2O2/c1-4-9-20-14-15-24(25(16-20)29-3)30-18-26-27-22-12-7-8-13-23(22)28(26)17-21-11-6-5-10-19(21)2/h4-8,10-16H,1,9,17-18H2,2-3H3. The Morgan fingerprint density at radius 1 is 1.00 bits per heavy atom. The van der Waals surface area contributed by atoms with E-state index in [1.807, 2.05) is 42.5 Å². The van der Waals surface area contributed by atoms with Crippen molar-refractivity contribution in [3.8, 4) is 11.5 Å². The minimum atomic E-state index is 0.359. The van der Waals surface area contributed by atoms with Gasteiger partial charge in [0.2, 0.25) is 0 Å². The van der Waals surface area contributed by atoms with Gasteiger partial charge in [0.05, 0.1) is 18.1 Å².